The molecule has 2 rings (SSSR count). The van der Waals surface area contributed by atoms with Crippen molar-refractivity contribution in [1.82, 2.24) is 5.32 Å². The Hall–Kier alpha value is -1.70. The number of hydrogen-bond acceptors (Lipinski definition) is 3. The summed E-state index contributed by atoms with van der Waals surface area (Å²) in [6.07, 6.45) is 1.02. The van der Waals surface area contributed by atoms with Crippen molar-refractivity contribution >= 4 is 5.97 Å². The molecule has 104 valence electrons. The van der Waals surface area contributed by atoms with Crippen molar-refractivity contribution < 1.29 is 31.5 Å². The van der Waals surface area contributed by atoms with Crippen molar-refractivity contribution in [1.29, 1.82) is 0 Å². The Morgan fingerprint density at radius 1 is 1.00 bits per heavy atom. The Morgan fingerprint density at radius 3 is 2.00 bits per heavy atom. The Labute approximate surface area is 104 Å². The van der Waals surface area contributed by atoms with Crippen LogP contribution in [0.5, 0.6) is 5.75 Å². The van der Waals surface area contributed by atoms with Crippen LogP contribution in [0.4, 0.5) is 22.0 Å². The van der Waals surface area contributed by atoms with Crippen LogP contribution < -0.4 is 10.1 Å². The molecule has 0 bridgehead atoms. The van der Waals surface area contributed by atoms with Gasteiger partial charge in [0, 0.05) is 0 Å². The number of carbonyl (C=O) groups is 1. The predicted molar refractivity (Wildman–Crippen MR) is 52.9 cm³/mol. The van der Waals surface area contributed by atoms with Crippen LogP contribution in [0.25, 0.3) is 0 Å². The van der Waals surface area contributed by atoms with Gasteiger partial charge in [0.1, 0.15) is 6.04 Å². The number of nitrogens with one attached hydrogen (secondary N) is 1. The second-order valence-electron chi connectivity index (χ2n) is 3.97. The molecule has 1 heterocycles. The summed E-state index contributed by atoms with van der Waals surface area (Å²) >= 11 is 0. The Bertz CT molecular complexity index is 499. The van der Waals surface area contributed by atoms with Gasteiger partial charge in [0.25, 0.3) is 0 Å². The normalized spacial score (nSPS) is 18.7. The lowest BCUT2D eigenvalue weighted by Gasteiger charge is -2.12. The fourth-order valence-electron chi connectivity index (χ4n) is 1.73. The molecule has 1 aromatic carbocycles. The largest absolute Gasteiger partial charge is 0.419 e. The van der Waals surface area contributed by atoms with Gasteiger partial charge in [0.05, 0.1) is 0 Å². The minimum absolute atomic E-state index is 0.369. The smallest absolute Gasteiger partial charge is 0.328 e. The lowest BCUT2D eigenvalue weighted by molar-refractivity contribution is -0.136. The van der Waals surface area contributed by atoms with E-state index < -0.39 is 46.8 Å². The zero-order valence-electron chi connectivity index (χ0n) is 9.40. The highest BCUT2D eigenvalue weighted by atomic mass is 19.2. The average molecular weight is 281 g/mol. The summed E-state index contributed by atoms with van der Waals surface area (Å²) in [5.74, 6) is -13.6. The summed E-state index contributed by atoms with van der Waals surface area (Å²) in [4.78, 5) is 11.5. The molecule has 0 aliphatic carbocycles. The first-order chi connectivity index (χ1) is 8.93. The molecule has 0 spiro atoms. The van der Waals surface area contributed by atoms with Gasteiger partial charge >= 0.3 is 5.97 Å². The quantitative estimate of drug-likeness (QED) is 0.296. The van der Waals surface area contributed by atoms with Crippen LogP contribution in [0.1, 0.15) is 12.8 Å². The highest BCUT2D eigenvalue weighted by molar-refractivity contribution is 5.78. The van der Waals surface area contributed by atoms with E-state index in [0.29, 0.717) is 19.4 Å². The molecule has 8 heteroatoms. The first-order valence-corrected chi connectivity index (χ1v) is 5.40. The van der Waals surface area contributed by atoms with E-state index in [0.717, 1.165) is 0 Å². The molecule has 0 amide bonds. The van der Waals surface area contributed by atoms with Gasteiger partial charge in [-0.1, -0.05) is 0 Å². The Kier molecular flexibility index (Phi) is 3.70. The van der Waals surface area contributed by atoms with Crippen LogP contribution in [0.15, 0.2) is 0 Å². The molecule has 3 nitrogen and oxygen atoms in total. The molecule has 1 unspecified atom stereocenters. The second kappa shape index (κ2) is 5.12. The van der Waals surface area contributed by atoms with Crippen LogP contribution >= 0.6 is 0 Å². The lowest BCUT2D eigenvalue weighted by atomic mass is 10.2. The van der Waals surface area contributed by atoms with Gasteiger partial charge in [-0.25, -0.2) is 18.0 Å². The number of halogens is 5. The van der Waals surface area contributed by atoms with Crippen LogP contribution in [0.2, 0.25) is 0 Å². The summed E-state index contributed by atoms with van der Waals surface area (Å²) in [6, 6.07) is -0.810. The van der Waals surface area contributed by atoms with Crippen LogP contribution in [-0.2, 0) is 4.79 Å². The first-order valence-electron chi connectivity index (χ1n) is 5.40. The van der Waals surface area contributed by atoms with E-state index in [9.17, 15) is 26.7 Å². The molecular formula is C11H8F5NO2. The second-order valence-corrected chi connectivity index (χ2v) is 3.97. The van der Waals surface area contributed by atoms with Crippen LogP contribution in [-0.4, -0.2) is 18.6 Å². The van der Waals surface area contributed by atoms with Crippen LogP contribution in [0.3, 0.4) is 0 Å². The molecule has 1 fully saturated rings. The van der Waals surface area contributed by atoms with Crippen LogP contribution in [0, 0.1) is 29.1 Å². The minimum Gasteiger partial charge on any atom is -0.419 e. The van der Waals surface area contributed by atoms with Gasteiger partial charge in [0.2, 0.25) is 34.8 Å². The van der Waals surface area contributed by atoms with Gasteiger partial charge in [-0.3, -0.25) is 0 Å². The van der Waals surface area contributed by atoms with Crippen molar-refractivity contribution in [2.75, 3.05) is 6.54 Å². The molecular weight excluding hydrogens is 273 g/mol. The van der Waals surface area contributed by atoms with E-state index >= 15 is 0 Å². The average Bonchev–Trinajstić information content (AvgIpc) is 2.93. The number of carbonyl (C=O) groups excluding carboxylic acids is 1. The molecule has 0 radical (unpaired) electrons. The summed E-state index contributed by atoms with van der Waals surface area (Å²) in [6.45, 7) is 0.511. The number of benzene rings is 1. The highest BCUT2D eigenvalue weighted by Crippen LogP contribution is 2.29. The molecule has 1 atom stereocenters. The van der Waals surface area contributed by atoms with Gasteiger partial charge in [-0.15, -0.1) is 0 Å². The van der Waals surface area contributed by atoms with Gasteiger partial charge in [-0.2, -0.15) is 8.78 Å². The number of ether oxygens (including phenoxy) is 1. The summed E-state index contributed by atoms with van der Waals surface area (Å²) in [5.41, 5.74) is 0. The Morgan fingerprint density at radius 2 is 1.53 bits per heavy atom. The minimum atomic E-state index is -2.30. The van der Waals surface area contributed by atoms with Crippen molar-refractivity contribution in [3.63, 3.8) is 0 Å². The number of hydrogen-bond donors (Lipinski definition) is 1. The van der Waals surface area contributed by atoms with Gasteiger partial charge in [-0.05, 0) is 19.4 Å². The first kappa shape index (κ1) is 13.7. The van der Waals surface area contributed by atoms with Crippen molar-refractivity contribution in [2.24, 2.45) is 0 Å². The predicted octanol–water partition coefficient (Wildman–Crippen LogP) is 2.04. The molecule has 0 aromatic heterocycles. The van der Waals surface area contributed by atoms with E-state index in [4.69, 9.17) is 0 Å². The molecule has 1 aliphatic rings. The van der Waals surface area contributed by atoms with Crippen molar-refractivity contribution in [2.45, 2.75) is 18.9 Å². The van der Waals surface area contributed by atoms with E-state index in [1.807, 2.05) is 0 Å². The van der Waals surface area contributed by atoms with Gasteiger partial charge in [0.15, 0.2) is 0 Å². The van der Waals surface area contributed by atoms with E-state index in [1.165, 1.54) is 0 Å². The van der Waals surface area contributed by atoms with E-state index in [2.05, 4.69) is 10.1 Å². The molecule has 1 N–H and O–H groups in total. The van der Waals surface area contributed by atoms with Crippen molar-refractivity contribution in [3.8, 4) is 5.75 Å². The molecule has 1 aliphatic heterocycles. The molecule has 0 saturated carbocycles. The highest BCUT2D eigenvalue weighted by Gasteiger charge is 2.31. The summed E-state index contributed by atoms with van der Waals surface area (Å²) < 4.78 is 69.2. The third-order valence-electron chi connectivity index (χ3n) is 2.72. The van der Waals surface area contributed by atoms with Gasteiger partial charge < -0.3 is 10.1 Å². The van der Waals surface area contributed by atoms with Crippen molar-refractivity contribution in [3.05, 3.63) is 29.1 Å². The lowest BCUT2D eigenvalue weighted by Crippen LogP contribution is -2.34. The monoisotopic (exact) mass is 281 g/mol. The fourth-order valence-corrected chi connectivity index (χ4v) is 1.73. The number of esters is 1. The zero-order valence-corrected chi connectivity index (χ0v) is 9.40. The number of rotatable bonds is 2. The third kappa shape index (κ3) is 2.40. The topological polar surface area (TPSA) is 38.3 Å². The Balaban J connectivity index is 2.32. The van der Waals surface area contributed by atoms with E-state index in [1.54, 1.807) is 0 Å². The molecule has 1 saturated heterocycles. The zero-order chi connectivity index (χ0) is 14.2. The standard InChI is InChI=1S/C11H8F5NO2/c12-5-6(13)8(15)10(9(16)7(5)14)19-11(18)4-2-1-3-17-4/h4,17H,1-3H2. The summed E-state index contributed by atoms with van der Waals surface area (Å²) in [7, 11) is 0. The SMILES string of the molecule is O=C(Oc1c(F)c(F)c(F)c(F)c1F)C1CCCN1. The third-order valence-corrected chi connectivity index (χ3v) is 2.72. The molecule has 19 heavy (non-hydrogen) atoms. The van der Waals surface area contributed by atoms with E-state index in [-0.39, 0.29) is 0 Å². The maximum absolute atomic E-state index is 13.2. The maximum atomic E-state index is 13.2. The summed E-state index contributed by atoms with van der Waals surface area (Å²) in [5, 5.41) is 2.68. The fraction of sp³-hybridized carbons (Fsp3) is 0.364. The molecule has 1 aromatic rings. The maximum Gasteiger partial charge on any atom is 0.328 e.